The van der Waals surface area contributed by atoms with E-state index < -0.39 is 0 Å². The highest BCUT2D eigenvalue weighted by molar-refractivity contribution is 5.82. The molecule has 1 aromatic carbocycles. The van der Waals surface area contributed by atoms with E-state index in [0.717, 1.165) is 25.8 Å². The molecule has 6 atom stereocenters. The van der Waals surface area contributed by atoms with Crippen LogP contribution in [0.3, 0.4) is 0 Å². The van der Waals surface area contributed by atoms with Gasteiger partial charge in [-0.2, -0.15) is 0 Å². The highest BCUT2D eigenvalue weighted by Crippen LogP contribution is 2.68. The zero-order chi connectivity index (χ0) is 25.8. The maximum absolute atomic E-state index is 7.47. The van der Waals surface area contributed by atoms with E-state index in [-0.39, 0.29) is 16.6 Å². The number of ether oxygens (including phenoxy) is 1. The molecule has 38 heavy (non-hydrogen) atoms. The number of hydrogen-bond acceptors (Lipinski definition) is 3. The summed E-state index contributed by atoms with van der Waals surface area (Å²) in [4.78, 5) is 4.40. The number of unbranched alkanes of at least 4 members (excludes halogenated alkanes) is 4. The van der Waals surface area contributed by atoms with Gasteiger partial charge in [0.05, 0.1) is 11.2 Å². The first-order chi connectivity index (χ1) is 18.6. The van der Waals surface area contributed by atoms with E-state index in [1.807, 2.05) is 12.4 Å². The van der Waals surface area contributed by atoms with E-state index in [1.165, 1.54) is 78.8 Å². The molecule has 1 N–H and O–H groups in total. The van der Waals surface area contributed by atoms with Gasteiger partial charge in [-0.1, -0.05) is 76.0 Å². The molecule has 1 saturated heterocycles. The van der Waals surface area contributed by atoms with Crippen molar-refractivity contribution in [2.24, 2.45) is 11.3 Å². The van der Waals surface area contributed by atoms with Crippen molar-refractivity contribution in [1.82, 2.24) is 10.3 Å². The molecule has 7 rings (SSSR count). The van der Waals surface area contributed by atoms with Crippen LogP contribution in [0.2, 0.25) is 0 Å². The normalized spacial score (nSPS) is 36.9. The molecule has 2 aromatic rings. The Morgan fingerprint density at radius 3 is 2.87 bits per heavy atom. The predicted octanol–water partition coefficient (Wildman–Crippen LogP) is 8.18. The van der Waals surface area contributed by atoms with Crippen LogP contribution in [0.1, 0.15) is 96.0 Å². The molecule has 0 amide bonds. The van der Waals surface area contributed by atoms with Gasteiger partial charge < -0.3 is 10.1 Å². The molecule has 0 unspecified atom stereocenters. The first-order valence-corrected chi connectivity index (χ1v) is 15.4. The van der Waals surface area contributed by atoms with E-state index in [2.05, 4.69) is 72.7 Å². The van der Waals surface area contributed by atoms with Crippen LogP contribution in [0.15, 0.2) is 72.1 Å². The second-order valence-electron chi connectivity index (χ2n) is 13.2. The summed E-state index contributed by atoms with van der Waals surface area (Å²) in [6.45, 7) is 5.98. The highest BCUT2D eigenvalue weighted by atomic mass is 16.5. The second-order valence-corrected chi connectivity index (χ2v) is 13.2. The Kier molecular flexibility index (Phi) is 6.17. The van der Waals surface area contributed by atoms with Crippen molar-refractivity contribution in [1.29, 1.82) is 0 Å². The third-order valence-electron chi connectivity index (χ3n) is 11.1. The minimum absolute atomic E-state index is 0.0977. The average Bonchev–Trinajstić information content (AvgIpc) is 3.45. The SMILES string of the molecule is CCCCCCCN[C@@H]1C=CC2=CC3=CC[C@]4(C)[C@@H](c5ccc6ccncc6c5)CC[C@H]4[C@@]34CC[C@]2(C1)O4. The van der Waals surface area contributed by atoms with E-state index in [1.54, 1.807) is 0 Å². The second kappa shape index (κ2) is 9.45. The summed E-state index contributed by atoms with van der Waals surface area (Å²) < 4.78 is 7.47. The van der Waals surface area contributed by atoms with Crippen LogP contribution in [-0.4, -0.2) is 28.8 Å². The van der Waals surface area contributed by atoms with Crippen molar-refractivity contribution in [3.63, 3.8) is 0 Å². The van der Waals surface area contributed by atoms with Gasteiger partial charge >= 0.3 is 0 Å². The fraction of sp³-hybridized carbons (Fsp3) is 0.571. The summed E-state index contributed by atoms with van der Waals surface area (Å²) in [5.41, 5.74) is 4.44. The number of allylic oxidation sites excluding steroid dienone is 1. The lowest BCUT2D eigenvalue weighted by Gasteiger charge is -2.53. The summed E-state index contributed by atoms with van der Waals surface area (Å²) in [7, 11) is 0. The zero-order valence-corrected chi connectivity index (χ0v) is 23.3. The lowest BCUT2D eigenvalue weighted by molar-refractivity contribution is -0.129. The van der Waals surface area contributed by atoms with Gasteiger partial charge in [-0.25, -0.2) is 0 Å². The number of nitrogens with one attached hydrogen (secondary N) is 1. The number of pyridine rings is 1. The van der Waals surface area contributed by atoms with E-state index in [0.29, 0.717) is 17.9 Å². The Bertz CT molecular complexity index is 1310. The van der Waals surface area contributed by atoms with Crippen LogP contribution in [0.4, 0.5) is 0 Å². The van der Waals surface area contributed by atoms with Gasteiger partial charge in [-0.05, 0) is 103 Å². The van der Waals surface area contributed by atoms with Crippen LogP contribution < -0.4 is 5.32 Å². The van der Waals surface area contributed by atoms with Crippen LogP contribution in [-0.2, 0) is 4.74 Å². The van der Waals surface area contributed by atoms with Gasteiger partial charge in [0.25, 0.3) is 0 Å². The van der Waals surface area contributed by atoms with Gasteiger partial charge in [0.15, 0.2) is 0 Å². The third-order valence-corrected chi connectivity index (χ3v) is 11.1. The Morgan fingerprint density at radius 2 is 1.95 bits per heavy atom. The van der Waals surface area contributed by atoms with Gasteiger partial charge in [-0.15, -0.1) is 0 Å². The summed E-state index contributed by atoms with van der Waals surface area (Å²) >= 11 is 0. The largest absolute Gasteiger partial charge is 0.359 e. The molecule has 3 nitrogen and oxygen atoms in total. The van der Waals surface area contributed by atoms with E-state index in [4.69, 9.17) is 4.74 Å². The van der Waals surface area contributed by atoms with Crippen LogP contribution in [0.5, 0.6) is 0 Å². The molecule has 3 heterocycles. The molecule has 3 heteroatoms. The first-order valence-electron chi connectivity index (χ1n) is 15.4. The van der Waals surface area contributed by atoms with Crippen molar-refractivity contribution in [3.8, 4) is 0 Å². The molecule has 2 spiro atoms. The Balaban J connectivity index is 1.12. The van der Waals surface area contributed by atoms with Crippen LogP contribution in [0, 0.1) is 11.3 Å². The number of aromatic nitrogens is 1. The lowest BCUT2D eigenvalue weighted by Crippen LogP contribution is -2.54. The maximum Gasteiger partial charge on any atom is 0.0975 e. The Hall–Kier alpha value is -2.23. The smallest absolute Gasteiger partial charge is 0.0975 e. The third kappa shape index (κ3) is 3.79. The van der Waals surface area contributed by atoms with Crippen molar-refractivity contribution < 1.29 is 4.74 Å². The van der Waals surface area contributed by atoms with Crippen molar-refractivity contribution in [2.45, 2.75) is 108 Å². The molecule has 2 fully saturated rings. The molecule has 2 aliphatic heterocycles. The molecule has 5 aliphatic rings. The Morgan fingerprint density at radius 1 is 1.03 bits per heavy atom. The fourth-order valence-corrected chi connectivity index (χ4v) is 9.09. The average molecular weight is 509 g/mol. The van der Waals surface area contributed by atoms with Crippen molar-refractivity contribution >= 4 is 10.8 Å². The monoisotopic (exact) mass is 508 g/mol. The molecular weight excluding hydrogens is 464 g/mol. The van der Waals surface area contributed by atoms with E-state index >= 15 is 0 Å². The van der Waals surface area contributed by atoms with Crippen LogP contribution >= 0.6 is 0 Å². The molecule has 1 saturated carbocycles. The first kappa shape index (κ1) is 24.8. The topological polar surface area (TPSA) is 34.2 Å². The van der Waals surface area contributed by atoms with Crippen LogP contribution in [0.25, 0.3) is 10.8 Å². The number of nitrogens with zero attached hydrogens (tertiary/aromatic N) is 1. The molecule has 200 valence electrons. The molecule has 1 aromatic heterocycles. The molecule has 0 radical (unpaired) electrons. The minimum Gasteiger partial charge on any atom is -0.359 e. The van der Waals surface area contributed by atoms with E-state index in [9.17, 15) is 0 Å². The number of fused-ring (bicyclic) bond motifs is 2. The fourth-order valence-electron chi connectivity index (χ4n) is 9.09. The highest BCUT2D eigenvalue weighted by Gasteiger charge is 2.66. The summed E-state index contributed by atoms with van der Waals surface area (Å²) in [5, 5.41) is 6.41. The van der Waals surface area contributed by atoms with Gasteiger partial charge in [0.2, 0.25) is 0 Å². The maximum atomic E-state index is 7.47. The van der Waals surface area contributed by atoms with Gasteiger partial charge in [-0.3, -0.25) is 4.98 Å². The number of benzene rings is 1. The zero-order valence-electron chi connectivity index (χ0n) is 23.3. The summed E-state index contributed by atoms with van der Waals surface area (Å²) in [6.07, 6.45) is 27.6. The quantitative estimate of drug-likeness (QED) is 0.365. The molecular formula is C35H44N2O. The lowest BCUT2D eigenvalue weighted by atomic mass is 9.58. The predicted molar refractivity (Wildman–Crippen MR) is 156 cm³/mol. The molecule has 3 aliphatic carbocycles. The Labute approximate surface area is 228 Å². The molecule has 2 bridgehead atoms. The van der Waals surface area contributed by atoms with Crippen molar-refractivity contribution in [3.05, 3.63) is 77.7 Å². The van der Waals surface area contributed by atoms with Crippen molar-refractivity contribution in [2.75, 3.05) is 6.54 Å². The number of rotatable bonds is 8. The van der Waals surface area contributed by atoms with Gasteiger partial charge in [0.1, 0.15) is 0 Å². The summed E-state index contributed by atoms with van der Waals surface area (Å²) in [6, 6.07) is 9.65. The minimum atomic E-state index is -0.100. The van der Waals surface area contributed by atoms with Gasteiger partial charge in [0, 0.05) is 23.8 Å². The summed E-state index contributed by atoms with van der Waals surface area (Å²) in [5.74, 6) is 1.15. The standard InChI is InChI=1S/C35H44N2O/c1-3-4-5-6-7-19-37-30-11-10-28-22-29-14-16-33(2)31(26-9-8-25-15-20-36-24-27(25)21-26)12-13-32(33)35(29)18-17-34(28,23-30)38-35/h8-11,14-15,20-22,24,30-32,37H,3-7,12-13,16-19,23H2,1-2H3/t30-,31-,32-,33-,34-,35-/m1/s1. The number of hydrogen-bond donors (Lipinski definition) is 1.